The van der Waals surface area contributed by atoms with E-state index < -0.39 is 0 Å². The number of halogens is 2. The minimum atomic E-state index is -0.274. The first-order chi connectivity index (χ1) is 10.7. The van der Waals surface area contributed by atoms with E-state index in [-0.39, 0.29) is 17.7 Å². The maximum Gasteiger partial charge on any atom is 0.230 e. The molecule has 1 fully saturated rings. The van der Waals surface area contributed by atoms with Crippen molar-refractivity contribution >= 4 is 22.9 Å². The number of aromatic nitrogens is 3. The molecule has 2 aromatic heterocycles. The second kappa shape index (κ2) is 5.44. The fourth-order valence-corrected chi connectivity index (χ4v) is 3.49. The molecule has 0 spiro atoms. The first kappa shape index (κ1) is 13.8. The van der Waals surface area contributed by atoms with Crippen molar-refractivity contribution in [3.8, 4) is 10.7 Å². The Hall–Kier alpha value is -1.79. The Labute approximate surface area is 135 Å². The molecule has 0 radical (unpaired) electrons. The molecule has 2 unspecified atom stereocenters. The summed E-state index contributed by atoms with van der Waals surface area (Å²) in [6.45, 7) is 0. The number of nitrogens with zero attached hydrogens (tertiary/aromatic N) is 3. The summed E-state index contributed by atoms with van der Waals surface area (Å²) in [7, 11) is 0. The Morgan fingerprint density at radius 3 is 2.82 bits per heavy atom. The van der Waals surface area contributed by atoms with Gasteiger partial charge in [0.05, 0.1) is 10.4 Å². The molecule has 22 heavy (non-hydrogen) atoms. The Kier molecular flexibility index (Phi) is 3.43. The summed E-state index contributed by atoms with van der Waals surface area (Å²) in [4.78, 5) is 9.31. The zero-order valence-corrected chi connectivity index (χ0v) is 12.9. The summed E-state index contributed by atoms with van der Waals surface area (Å²) < 4.78 is 19.5. The van der Waals surface area contributed by atoms with Crippen LogP contribution in [0.3, 0.4) is 0 Å². The van der Waals surface area contributed by atoms with Crippen LogP contribution in [-0.2, 0) is 0 Å². The van der Waals surface area contributed by atoms with Gasteiger partial charge in [-0.3, -0.25) is 4.98 Å². The molecule has 112 valence electrons. The van der Waals surface area contributed by atoms with Gasteiger partial charge in [0, 0.05) is 17.1 Å². The molecule has 0 amide bonds. The molecule has 1 aliphatic carbocycles. The van der Waals surface area contributed by atoms with Gasteiger partial charge in [0.25, 0.3) is 0 Å². The highest BCUT2D eigenvalue weighted by Gasteiger charge is 2.38. The second-order valence-electron chi connectivity index (χ2n) is 5.28. The van der Waals surface area contributed by atoms with Gasteiger partial charge in [0.15, 0.2) is 0 Å². The summed E-state index contributed by atoms with van der Waals surface area (Å²) in [5, 5.41) is 4.40. The van der Waals surface area contributed by atoms with Gasteiger partial charge in [-0.2, -0.15) is 4.98 Å². The molecule has 1 saturated carbocycles. The van der Waals surface area contributed by atoms with Crippen molar-refractivity contribution in [3.05, 3.63) is 52.2 Å². The molecule has 2 heterocycles. The van der Waals surface area contributed by atoms with Gasteiger partial charge in [-0.25, -0.2) is 4.39 Å². The molecule has 3 aromatic rings. The van der Waals surface area contributed by atoms with Crippen LogP contribution < -0.4 is 0 Å². The molecule has 0 N–H and O–H groups in total. The third kappa shape index (κ3) is 2.32. The van der Waals surface area contributed by atoms with Crippen LogP contribution in [0.2, 0.25) is 5.02 Å². The summed E-state index contributed by atoms with van der Waals surface area (Å²) in [6, 6.07) is 4.81. The van der Waals surface area contributed by atoms with Gasteiger partial charge in [0.2, 0.25) is 11.7 Å². The summed E-state index contributed by atoms with van der Waals surface area (Å²) >= 11 is 7.27. The molecular weight excluding hydrogens is 325 g/mol. The van der Waals surface area contributed by atoms with Crippen LogP contribution in [0.1, 0.15) is 36.1 Å². The Bertz CT molecular complexity index is 805. The van der Waals surface area contributed by atoms with Crippen LogP contribution in [0.4, 0.5) is 4.39 Å². The molecule has 2 atom stereocenters. The number of rotatable bonds is 3. The van der Waals surface area contributed by atoms with E-state index in [2.05, 4.69) is 15.1 Å². The third-order valence-corrected chi connectivity index (χ3v) is 5.05. The van der Waals surface area contributed by atoms with Crippen molar-refractivity contribution < 1.29 is 8.91 Å². The minimum absolute atomic E-state index is 0.0600. The van der Waals surface area contributed by atoms with E-state index >= 15 is 0 Å². The lowest BCUT2D eigenvalue weighted by Gasteiger charge is -2.34. The maximum atomic E-state index is 14.1. The van der Waals surface area contributed by atoms with Crippen LogP contribution in [-0.4, -0.2) is 15.1 Å². The SMILES string of the molecule is Fc1cc(Cl)ccc1C1CCC1c1nc(-c2cncs2)no1. The van der Waals surface area contributed by atoms with Crippen molar-refractivity contribution in [1.82, 2.24) is 15.1 Å². The van der Waals surface area contributed by atoms with Crippen molar-refractivity contribution in [2.24, 2.45) is 0 Å². The van der Waals surface area contributed by atoms with Crippen molar-refractivity contribution in [1.29, 1.82) is 0 Å². The molecular formula is C15H11ClFN3OS. The minimum Gasteiger partial charge on any atom is -0.339 e. The summed E-state index contributed by atoms with van der Waals surface area (Å²) in [5.74, 6) is 0.954. The first-order valence-electron chi connectivity index (χ1n) is 6.90. The number of benzene rings is 1. The quantitative estimate of drug-likeness (QED) is 0.699. The molecule has 0 saturated heterocycles. The van der Waals surface area contributed by atoms with E-state index in [0.29, 0.717) is 22.3 Å². The fraction of sp³-hybridized carbons (Fsp3) is 0.267. The molecule has 1 aliphatic rings. The third-order valence-electron chi connectivity index (χ3n) is 4.05. The normalized spacial score (nSPS) is 20.8. The molecule has 4 nitrogen and oxygen atoms in total. The maximum absolute atomic E-state index is 14.1. The van der Waals surface area contributed by atoms with E-state index in [0.717, 1.165) is 17.7 Å². The van der Waals surface area contributed by atoms with Gasteiger partial charge in [-0.1, -0.05) is 22.8 Å². The van der Waals surface area contributed by atoms with Crippen molar-refractivity contribution in [2.45, 2.75) is 24.7 Å². The number of hydrogen-bond donors (Lipinski definition) is 0. The fourth-order valence-electron chi connectivity index (χ4n) is 2.78. The predicted molar refractivity (Wildman–Crippen MR) is 81.5 cm³/mol. The van der Waals surface area contributed by atoms with Crippen LogP contribution in [0.25, 0.3) is 10.7 Å². The van der Waals surface area contributed by atoms with Gasteiger partial charge >= 0.3 is 0 Å². The average Bonchev–Trinajstić information content (AvgIpc) is 3.11. The zero-order chi connectivity index (χ0) is 15.1. The van der Waals surface area contributed by atoms with E-state index in [1.54, 1.807) is 23.8 Å². The lowest BCUT2D eigenvalue weighted by atomic mass is 9.70. The van der Waals surface area contributed by atoms with Crippen molar-refractivity contribution in [3.63, 3.8) is 0 Å². The average molecular weight is 336 g/mol. The molecule has 1 aromatic carbocycles. The van der Waals surface area contributed by atoms with Crippen molar-refractivity contribution in [2.75, 3.05) is 0 Å². The van der Waals surface area contributed by atoms with Gasteiger partial charge in [0.1, 0.15) is 5.82 Å². The number of hydrogen-bond acceptors (Lipinski definition) is 5. The Balaban J connectivity index is 1.61. The highest BCUT2D eigenvalue weighted by molar-refractivity contribution is 7.13. The van der Waals surface area contributed by atoms with Crippen LogP contribution in [0, 0.1) is 5.82 Å². The monoisotopic (exact) mass is 335 g/mol. The highest BCUT2D eigenvalue weighted by Crippen LogP contribution is 2.49. The smallest absolute Gasteiger partial charge is 0.230 e. The van der Waals surface area contributed by atoms with Gasteiger partial charge in [-0.15, -0.1) is 11.3 Å². The number of thiazole rings is 1. The molecule has 0 aliphatic heterocycles. The van der Waals surface area contributed by atoms with E-state index in [1.165, 1.54) is 17.4 Å². The standard InChI is InChI=1S/C15H11ClFN3OS/c16-8-1-2-10(12(17)5-8)9-3-4-11(9)15-19-14(20-21-15)13-6-18-7-22-13/h1-2,5-7,9,11H,3-4H2. The lowest BCUT2D eigenvalue weighted by Crippen LogP contribution is -2.23. The summed E-state index contributed by atoms with van der Waals surface area (Å²) in [5.41, 5.74) is 2.39. The largest absolute Gasteiger partial charge is 0.339 e. The van der Waals surface area contributed by atoms with E-state index in [4.69, 9.17) is 16.1 Å². The molecule has 7 heteroatoms. The Morgan fingerprint density at radius 2 is 2.14 bits per heavy atom. The van der Waals surface area contributed by atoms with Gasteiger partial charge < -0.3 is 4.52 Å². The Morgan fingerprint density at radius 1 is 1.27 bits per heavy atom. The molecule has 0 bridgehead atoms. The highest BCUT2D eigenvalue weighted by atomic mass is 35.5. The van der Waals surface area contributed by atoms with Crippen LogP contribution in [0.5, 0.6) is 0 Å². The summed E-state index contributed by atoms with van der Waals surface area (Å²) in [6.07, 6.45) is 3.52. The lowest BCUT2D eigenvalue weighted by molar-refractivity contribution is 0.254. The predicted octanol–water partition coefficient (Wildman–Crippen LogP) is 4.65. The second-order valence-corrected chi connectivity index (χ2v) is 6.60. The topological polar surface area (TPSA) is 51.8 Å². The first-order valence-corrected chi connectivity index (χ1v) is 8.15. The van der Waals surface area contributed by atoms with E-state index in [9.17, 15) is 4.39 Å². The van der Waals surface area contributed by atoms with E-state index in [1.807, 2.05) is 0 Å². The van der Waals surface area contributed by atoms with Gasteiger partial charge in [-0.05, 0) is 36.5 Å². The molecule has 4 rings (SSSR count). The van der Waals surface area contributed by atoms with Crippen LogP contribution in [0.15, 0.2) is 34.4 Å². The van der Waals surface area contributed by atoms with Crippen LogP contribution >= 0.6 is 22.9 Å². The zero-order valence-electron chi connectivity index (χ0n) is 11.4.